The number of hydrogen-bond donors (Lipinski definition) is 2. The Balaban J connectivity index is 2.51. The molecule has 5 nitrogen and oxygen atoms in total. The van der Waals surface area contributed by atoms with E-state index in [1.165, 1.54) is 6.92 Å². The molecule has 2 rings (SSSR count). The van der Waals surface area contributed by atoms with Crippen molar-refractivity contribution in [2.45, 2.75) is 44.0 Å². The maximum Gasteiger partial charge on any atom is 0.180 e. The highest BCUT2D eigenvalue weighted by Crippen LogP contribution is 2.45. The van der Waals surface area contributed by atoms with Gasteiger partial charge in [0.25, 0.3) is 0 Å². The third kappa shape index (κ3) is 2.83. The number of nitrogens with one attached hydrogen (secondary N) is 1. The maximum absolute atomic E-state index is 12.0. The van der Waals surface area contributed by atoms with Crippen molar-refractivity contribution in [1.82, 2.24) is 0 Å². The number of carbonyl (C=O) groups excluding carboxylic acids is 1. The average molecular weight is 316 g/mol. The van der Waals surface area contributed by atoms with Crippen molar-refractivity contribution in [2.75, 3.05) is 17.3 Å². The number of nitrogen functional groups attached to an aromatic ring is 1. The van der Waals surface area contributed by atoms with Gasteiger partial charge in [-0.15, -0.1) is 11.3 Å². The number of rotatable bonds is 5. The summed E-state index contributed by atoms with van der Waals surface area (Å²) in [6.45, 7) is 5.48. The average Bonchev–Trinajstić information content (AvgIpc) is 3.02. The van der Waals surface area contributed by atoms with Gasteiger partial charge in [0.2, 0.25) is 0 Å². The van der Waals surface area contributed by atoms with Crippen LogP contribution in [0.15, 0.2) is 4.90 Å². The van der Waals surface area contributed by atoms with Crippen LogP contribution in [0.25, 0.3) is 0 Å². The Kier molecular flexibility index (Phi) is 3.62. The minimum absolute atomic E-state index is 0.0569. The summed E-state index contributed by atoms with van der Waals surface area (Å²) in [5, 5.41) is 3.76. The first-order valence-corrected chi connectivity index (χ1v) is 9.16. The molecule has 0 unspecified atom stereocenters. The molecule has 0 aliphatic heterocycles. The van der Waals surface area contributed by atoms with Crippen molar-refractivity contribution in [3.05, 3.63) is 4.88 Å². The molecule has 0 radical (unpaired) electrons. The second-order valence-electron chi connectivity index (χ2n) is 5.95. The summed E-state index contributed by atoms with van der Waals surface area (Å²) in [6, 6.07) is 0. The maximum atomic E-state index is 12.0. The van der Waals surface area contributed by atoms with Crippen LogP contribution >= 0.6 is 11.3 Å². The molecule has 0 amide bonds. The van der Waals surface area contributed by atoms with Crippen molar-refractivity contribution in [2.24, 2.45) is 5.92 Å². The molecule has 1 aliphatic rings. The third-order valence-electron chi connectivity index (χ3n) is 3.62. The summed E-state index contributed by atoms with van der Waals surface area (Å²) in [4.78, 5) is 11.9. The molecule has 1 fully saturated rings. The molecule has 1 aliphatic carbocycles. The van der Waals surface area contributed by atoms with Crippen molar-refractivity contribution < 1.29 is 13.2 Å². The summed E-state index contributed by atoms with van der Waals surface area (Å²) in [5.74, 6) is 0.314. The van der Waals surface area contributed by atoms with Gasteiger partial charge >= 0.3 is 0 Å². The Morgan fingerprint density at radius 3 is 2.35 bits per heavy atom. The topological polar surface area (TPSA) is 89.3 Å². The molecule has 0 saturated heterocycles. The molecule has 0 spiro atoms. The smallest absolute Gasteiger partial charge is 0.180 e. The lowest BCUT2D eigenvalue weighted by molar-refractivity contribution is 0.102. The molecule has 112 valence electrons. The van der Waals surface area contributed by atoms with Gasteiger partial charge in [0.15, 0.2) is 15.6 Å². The van der Waals surface area contributed by atoms with E-state index in [0.29, 0.717) is 15.8 Å². The summed E-state index contributed by atoms with van der Waals surface area (Å²) in [5.41, 5.74) is 5.74. The van der Waals surface area contributed by atoms with Crippen LogP contribution in [0.5, 0.6) is 0 Å². The normalized spacial score (nSPS) is 16.2. The molecule has 3 N–H and O–H groups in total. The molecule has 0 atom stereocenters. The van der Waals surface area contributed by atoms with Gasteiger partial charge in [0.05, 0.1) is 10.6 Å². The SMILES string of the molecule is CC(=O)c1sc(NC(C)(C)C2CC2)c(S(C)(=O)=O)c1N. The summed E-state index contributed by atoms with van der Waals surface area (Å²) in [6.07, 6.45) is 3.38. The van der Waals surface area contributed by atoms with E-state index in [4.69, 9.17) is 5.73 Å². The first-order valence-electron chi connectivity index (χ1n) is 6.45. The van der Waals surface area contributed by atoms with E-state index in [9.17, 15) is 13.2 Å². The van der Waals surface area contributed by atoms with Crippen LogP contribution < -0.4 is 11.1 Å². The number of carbonyl (C=O) groups is 1. The Morgan fingerprint density at radius 2 is 1.95 bits per heavy atom. The first-order chi connectivity index (χ1) is 9.04. The van der Waals surface area contributed by atoms with Crippen LogP contribution in [-0.2, 0) is 9.84 Å². The largest absolute Gasteiger partial charge is 0.396 e. The Morgan fingerprint density at radius 1 is 1.40 bits per heavy atom. The van der Waals surface area contributed by atoms with Crippen molar-refractivity contribution >= 4 is 37.6 Å². The fourth-order valence-corrected chi connectivity index (χ4v) is 4.95. The van der Waals surface area contributed by atoms with Gasteiger partial charge in [0, 0.05) is 18.7 Å². The summed E-state index contributed by atoms with van der Waals surface area (Å²) < 4.78 is 23.9. The van der Waals surface area contributed by atoms with Gasteiger partial charge in [-0.2, -0.15) is 0 Å². The minimum atomic E-state index is -3.48. The van der Waals surface area contributed by atoms with E-state index in [1.807, 2.05) is 13.8 Å². The number of nitrogens with two attached hydrogens (primary N) is 1. The summed E-state index contributed by atoms with van der Waals surface area (Å²) >= 11 is 1.13. The number of thiophene rings is 1. The Bertz CT molecular complexity index is 655. The quantitative estimate of drug-likeness (QED) is 0.815. The number of anilines is 2. The number of Topliss-reactive ketones (excluding diaryl/α,β-unsaturated/α-hetero) is 1. The zero-order chi connectivity index (χ0) is 15.3. The summed E-state index contributed by atoms with van der Waals surface area (Å²) in [7, 11) is -3.48. The van der Waals surface area contributed by atoms with E-state index in [-0.39, 0.29) is 21.9 Å². The third-order valence-corrected chi connectivity index (χ3v) is 6.14. The van der Waals surface area contributed by atoms with Gasteiger partial charge in [-0.05, 0) is 32.6 Å². The highest BCUT2D eigenvalue weighted by atomic mass is 32.2. The molecule has 1 aromatic rings. The highest BCUT2D eigenvalue weighted by Gasteiger charge is 2.39. The van der Waals surface area contributed by atoms with Crippen LogP contribution in [-0.4, -0.2) is 26.0 Å². The number of ketones is 1. The lowest BCUT2D eigenvalue weighted by Gasteiger charge is -2.27. The van der Waals surface area contributed by atoms with Crippen LogP contribution in [0, 0.1) is 5.92 Å². The van der Waals surface area contributed by atoms with Gasteiger partial charge in [-0.3, -0.25) is 4.79 Å². The standard InChI is InChI=1S/C13H20N2O3S2/c1-7(16)10-9(14)11(20(4,17)18)12(19-10)15-13(2,3)8-5-6-8/h8,15H,5-6,14H2,1-4H3. The Hall–Kier alpha value is -1.08. The highest BCUT2D eigenvalue weighted by molar-refractivity contribution is 7.91. The molecule has 20 heavy (non-hydrogen) atoms. The zero-order valence-electron chi connectivity index (χ0n) is 12.1. The lowest BCUT2D eigenvalue weighted by Crippen LogP contribution is -2.33. The second kappa shape index (κ2) is 4.73. The second-order valence-corrected chi connectivity index (χ2v) is 8.93. The van der Waals surface area contributed by atoms with Crippen LogP contribution in [0.3, 0.4) is 0 Å². The molecule has 0 aromatic carbocycles. The van der Waals surface area contributed by atoms with Crippen molar-refractivity contribution in [1.29, 1.82) is 0 Å². The zero-order valence-corrected chi connectivity index (χ0v) is 13.7. The molecule has 1 aromatic heterocycles. The molecular formula is C13H20N2O3S2. The minimum Gasteiger partial charge on any atom is -0.396 e. The van der Waals surface area contributed by atoms with Crippen LogP contribution in [0.2, 0.25) is 0 Å². The van der Waals surface area contributed by atoms with Crippen LogP contribution in [0.4, 0.5) is 10.7 Å². The van der Waals surface area contributed by atoms with E-state index < -0.39 is 9.84 Å². The van der Waals surface area contributed by atoms with E-state index in [1.54, 1.807) is 0 Å². The molecule has 7 heteroatoms. The fraction of sp³-hybridized carbons (Fsp3) is 0.615. The van der Waals surface area contributed by atoms with Crippen molar-refractivity contribution in [3.8, 4) is 0 Å². The lowest BCUT2D eigenvalue weighted by atomic mass is 9.99. The van der Waals surface area contributed by atoms with Crippen molar-refractivity contribution in [3.63, 3.8) is 0 Å². The molecule has 1 heterocycles. The molecule has 0 bridgehead atoms. The number of hydrogen-bond acceptors (Lipinski definition) is 6. The van der Waals surface area contributed by atoms with E-state index in [0.717, 1.165) is 30.4 Å². The Labute approximate surface area is 123 Å². The van der Waals surface area contributed by atoms with Gasteiger partial charge in [-0.25, -0.2) is 8.42 Å². The molecule has 1 saturated carbocycles. The predicted molar refractivity (Wildman–Crippen MR) is 82.3 cm³/mol. The van der Waals surface area contributed by atoms with E-state index in [2.05, 4.69) is 5.32 Å². The van der Waals surface area contributed by atoms with E-state index >= 15 is 0 Å². The van der Waals surface area contributed by atoms with Gasteiger partial charge in [0.1, 0.15) is 9.90 Å². The monoisotopic (exact) mass is 316 g/mol. The fourth-order valence-electron chi connectivity index (χ4n) is 2.34. The number of sulfone groups is 1. The molecular weight excluding hydrogens is 296 g/mol. The van der Waals surface area contributed by atoms with Crippen LogP contribution in [0.1, 0.15) is 43.3 Å². The van der Waals surface area contributed by atoms with Gasteiger partial charge in [-0.1, -0.05) is 0 Å². The predicted octanol–water partition coefficient (Wildman–Crippen LogP) is 2.54. The van der Waals surface area contributed by atoms with Gasteiger partial charge < -0.3 is 11.1 Å². The first kappa shape index (κ1) is 15.3.